The molecule has 0 aliphatic heterocycles. The number of hydrogen-bond acceptors (Lipinski definition) is 9. The van der Waals surface area contributed by atoms with Gasteiger partial charge in [0.1, 0.15) is 17.9 Å². The molecule has 0 saturated carbocycles. The number of nitrogens with one attached hydrogen (secondary N) is 2. The first-order chi connectivity index (χ1) is 21.7. The number of carbonyl (C=O) groups excluding carboxylic acids is 2. The van der Waals surface area contributed by atoms with Crippen LogP contribution in [0.5, 0.6) is 0 Å². The van der Waals surface area contributed by atoms with E-state index in [4.69, 9.17) is 22.4 Å². The Morgan fingerprint density at radius 2 is 1.78 bits per heavy atom. The van der Waals surface area contributed by atoms with Crippen molar-refractivity contribution in [2.24, 2.45) is 5.73 Å². The molecule has 2 aromatic carbocycles. The van der Waals surface area contributed by atoms with Crippen LogP contribution in [0.2, 0.25) is 0 Å². The van der Waals surface area contributed by atoms with Crippen molar-refractivity contribution in [1.29, 1.82) is 0 Å². The number of rotatable bonds is 15. The van der Waals surface area contributed by atoms with Crippen LogP contribution in [0.1, 0.15) is 41.6 Å². The Labute approximate surface area is 260 Å². The molecule has 242 valence electrons. The van der Waals surface area contributed by atoms with E-state index in [1.54, 1.807) is 11.0 Å². The van der Waals surface area contributed by atoms with Crippen LogP contribution in [0.4, 0.5) is 16.0 Å². The van der Waals surface area contributed by atoms with E-state index in [1.807, 2.05) is 0 Å². The van der Waals surface area contributed by atoms with Crippen molar-refractivity contribution >= 4 is 52.3 Å². The summed E-state index contributed by atoms with van der Waals surface area (Å²) in [5.41, 5.74) is 5.50. The second-order valence-corrected chi connectivity index (χ2v) is 10.2. The van der Waals surface area contributed by atoms with Crippen LogP contribution in [0.25, 0.3) is 10.9 Å². The largest absolute Gasteiger partial charge is 0.481 e. The van der Waals surface area contributed by atoms with Crippen LogP contribution in [0, 0.1) is 18.2 Å². The van der Waals surface area contributed by atoms with E-state index in [2.05, 4.69) is 21.2 Å². The molecule has 0 aliphatic rings. The monoisotopic (exact) mass is 638 g/mol. The number of nitrogens with zero attached hydrogens (tertiary/aromatic N) is 3. The average Bonchev–Trinajstić information content (AvgIpc) is 2.99. The third-order valence-electron chi connectivity index (χ3n) is 6.94. The van der Waals surface area contributed by atoms with Crippen LogP contribution in [0.15, 0.2) is 41.2 Å². The van der Waals surface area contributed by atoms with E-state index in [0.717, 1.165) is 18.0 Å². The number of carboxylic acids is 3. The molecule has 0 spiro atoms. The van der Waals surface area contributed by atoms with Gasteiger partial charge in [0.25, 0.3) is 11.5 Å². The molecule has 0 saturated heterocycles. The molecule has 2 amide bonds. The van der Waals surface area contributed by atoms with E-state index >= 15 is 4.39 Å². The molecule has 7 N–H and O–H groups in total. The molecule has 0 bridgehead atoms. The number of hydrogen-bond donors (Lipinski definition) is 6. The zero-order valence-electron chi connectivity index (χ0n) is 24.5. The van der Waals surface area contributed by atoms with Gasteiger partial charge in [0.2, 0.25) is 11.9 Å². The van der Waals surface area contributed by atoms with Gasteiger partial charge in [-0.3, -0.25) is 34.3 Å². The molecule has 3 aromatic rings. The quantitative estimate of drug-likeness (QED) is 0.129. The number of amides is 2. The molecule has 46 heavy (non-hydrogen) atoms. The number of terminal acetylenes is 1. The van der Waals surface area contributed by atoms with Crippen LogP contribution >= 0.6 is 0 Å². The molecule has 2 atom stereocenters. The van der Waals surface area contributed by atoms with Crippen molar-refractivity contribution in [1.82, 2.24) is 14.9 Å². The van der Waals surface area contributed by atoms with Crippen LogP contribution in [-0.2, 0) is 25.7 Å². The number of likely N-dealkylation sites (N-methyl/N-ethyl adjacent to an activating group) is 1. The fourth-order valence-corrected chi connectivity index (χ4v) is 4.47. The highest BCUT2D eigenvalue weighted by Gasteiger charge is 2.29. The normalized spacial score (nSPS) is 12.0. The summed E-state index contributed by atoms with van der Waals surface area (Å²) in [5, 5.41) is 29.8. The maximum atomic E-state index is 15.2. The van der Waals surface area contributed by atoms with E-state index in [0.29, 0.717) is 5.56 Å². The van der Waals surface area contributed by atoms with Gasteiger partial charge in [-0.25, -0.2) is 14.2 Å². The highest BCUT2D eigenvalue weighted by molar-refractivity contribution is 5.97. The van der Waals surface area contributed by atoms with Gasteiger partial charge >= 0.3 is 17.9 Å². The molecule has 0 unspecified atom stereocenters. The van der Waals surface area contributed by atoms with Gasteiger partial charge in [0.05, 0.1) is 23.0 Å². The number of nitrogens with two attached hydrogens (primary N) is 1. The summed E-state index contributed by atoms with van der Waals surface area (Å²) in [4.78, 5) is 80.2. The smallest absolute Gasteiger partial charge is 0.326 e. The topological polar surface area (TPSA) is 236 Å². The first kappa shape index (κ1) is 34.7. The lowest BCUT2D eigenvalue weighted by Gasteiger charge is -2.26. The SMILES string of the molecule is C#CCN(Cc1ccc2nc(NC(=O)CC[C@H](N)C(=O)O)[nH]c(=O)c2c1)c1ccc(C(=O)N(C)[C@@H](CCC(=O)O)C(=O)O)c(F)c1. The van der Waals surface area contributed by atoms with Gasteiger partial charge in [-0.2, -0.15) is 0 Å². The zero-order valence-corrected chi connectivity index (χ0v) is 24.5. The molecule has 15 nitrogen and oxygen atoms in total. The first-order valence-corrected chi connectivity index (χ1v) is 13.7. The summed E-state index contributed by atoms with van der Waals surface area (Å²) >= 11 is 0. The van der Waals surface area contributed by atoms with E-state index in [-0.39, 0.29) is 54.9 Å². The number of carbonyl (C=O) groups is 5. The third kappa shape index (κ3) is 8.86. The highest BCUT2D eigenvalue weighted by Crippen LogP contribution is 2.23. The Balaban J connectivity index is 1.79. The molecule has 1 aromatic heterocycles. The number of carboxylic acid groups (broad SMARTS) is 3. The van der Waals surface area contributed by atoms with Crippen LogP contribution in [-0.4, -0.2) is 85.6 Å². The number of H-pyrrole nitrogens is 1. The Hall–Kier alpha value is -5.82. The number of halogens is 1. The van der Waals surface area contributed by atoms with E-state index < -0.39 is 65.2 Å². The van der Waals surface area contributed by atoms with E-state index in [9.17, 15) is 33.9 Å². The lowest BCUT2D eigenvalue weighted by molar-refractivity contribution is -0.143. The summed E-state index contributed by atoms with van der Waals surface area (Å²) in [5.74, 6) is -4.10. The maximum absolute atomic E-state index is 15.2. The summed E-state index contributed by atoms with van der Waals surface area (Å²) in [6.07, 6.45) is 4.34. The summed E-state index contributed by atoms with van der Waals surface area (Å²) in [6, 6.07) is 5.65. The number of anilines is 2. The molecule has 16 heteroatoms. The lowest BCUT2D eigenvalue weighted by Crippen LogP contribution is -2.43. The molecule has 0 radical (unpaired) electrons. The zero-order chi connectivity index (χ0) is 34.1. The van der Waals surface area contributed by atoms with Crippen molar-refractivity contribution in [2.45, 2.75) is 44.3 Å². The number of fused-ring (bicyclic) bond motifs is 1. The number of benzene rings is 2. The molecular formula is C30H31FN6O9. The van der Waals surface area contributed by atoms with Crippen molar-refractivity contribution in [3.05, 3.63) is 63.7 Å². The minimum atomic E-state index is -1.48. The summed E-state index contributed by atoms with van der Waals surface area (Å²) < 4.78 is 15.2. The average molecular weight is 639 g/mol. The standard InChI is InChI=1S/C30H31FN6O9/c1-3-12-37(17-5-6-18(20(31)14-17)27(42)36(2)23(29(45)46)9-11-25(39)40)15-16-4-8-22-19(13-16)26(41)35-30(33-22)34-24(38)10-7-21(32)28(43)44/h1,4-6,8,13-14,21,23H,7,9-12,15,32H2,2H3,(H,39,40)(H,43,44)(H,45,46)(H2,33,34,35,38,41)/t21-,23-/m0/s1. The maximum Gasteiger partial charge on any atom is 0.326 e. The highest BCUT2D eigenvalue weighted by atomic mass is 19.1. The van der Waals surface area contributed by atoms with Gasteiger partial charge in [0.15, 0.2) is 0 Å². The lowest BCUT2D eigenvalue weighted by atomic mass is 10.1. The van der Waals surface area contributed by atoms with Crippen LogP contribution in [0.3, 0.4) is 0 Å². The van der Waals surface area contributed by atoms with Crippen molar-refractivity contribution < 1.29 is 43.7 Å². The molecule has 0 aliphatic carbocycles. The second-order valence-electron chi connectivity index (χ2n) is 10.2. The minimum absolute atomic E-state index is 0.00601. The Bertz CT molecular complexity index is 1770. The van der Waals surface area contributed by atoms with Crippen LogP contribution < -0.4 is 21.5 Å². The number of aromatic nitrogens is 2. The number of aliphatic carboxylic acids is 3. The summed E-state index contributed by atoms with van der Waals surface area (Å²) in [7, 11) is 1.15. The first-order valence-electron chi connectivity index (χ1n) is 13.7. The molecular weight excluding hydrogens is 607 g/mol. The molecule has 0 fully saturated rings. The van der Waals surface area contributed by atoms with Crippen molar-refractivity contribution in [2.75, 3.05) is 23.8 Å². The molecule has 3 rings (SSSR count). The van der Waals surface area contributed by atoms with E-state index in [1.165, 1.54) is 24.3 Å². The fraction of sp³-hybridized carbons (Fsp3) is 0.300. The fourth-order valence-electron chi connectivity index (χ4n) is 4.47. The van der Waals surface area contributed by atoms with Gasteiger partial charge < -0.3 is 30.9 Å². The van der Waals surface area contributed by atoms with Gasteiger partial charge in [0, 0.05) is 32.1 Å². The van der Waals surface area contributed by atoms with Crippen molar-refractivity contribution in [3.8, 4) is 12.3 Å². The minimum Gasteiger partial charge on any atom is -0.481 e. The Morgan fingerprint density at radius 3 is 2.39 bits per heavy atom. The predicted molar refractivity (Wildman–Crippen MR) is 163 cm³/mol. The van der Waals surface area contributed by atoms with Gasteiger partial charge in [-0.1, -0.05) is 12.0 Å². The second kappa shape index (κ2) is 15.3. The van der Waals surface area contributed by atoms with Crippen molar-refractivity contribution in [3.63, 3.8) is 0 Å². The Kier molecular flexibility index (Phi) is 11.5. The summed E-state index contributed by atoms with van der Waals surface area (Å²) in [6.45, 7) is 0.108. The Morgan fingerprint density at radius 1 is 1.07 bits per heavy atom. The van der Waals surface area contributed by atoms with Gasteiger partial charge in [-0.05, 0) is 48.7 Å². The number of aromatic amines is 1. The third-order valence-corrected chi connectivity index (χ3v) is 6.94. The molecule has 1 heterocycles. The van der Waals surface area contributed by atoms with Gasteiger partial charge in [-0.15, -0.1) is 6.42 Å². The predicted octanol–water partition coefficient (Wildman–Crippen LogP) is 1.22.